The number of carbonyl (C=O) groups excluding carboxylic acids is 1. The number of ether oxygens (including phenoxy) is 1. The van der Waals surface area contributed by atoms with Gasteiger partial charge >= 0.3 is 11.9 Å². The van der Waals surface area contributed by atoms with Crippen LogP contribution < -0.4 is 4.90 Å². The summed E-state index contributed by atoms with van der Waals surface area (Å²) >= 11 is 0. The van der Waals surface area contributed by atoms with E-state index in [1.54, 1.807) is 0 Å². The summed E-state index contributed by atoms with van der Waals surface area (Å²) in [5, 5.41) is 20.4. The lowest BCUT2D eigenvalue weighted by molar-refractivity contribution is 0.0452. The molecule has 0 spiro atoms. The van der Waals surface area contributed by atoms with Crippen molar-refractivity contribution in [1.82, 2.24) is 0 Å². The number of aromatic carboxylic acids is 1. The number of carboxylic acid groups (broad SMARTS) is 1. The molecule has 1 unspecified atom stereocenters. The van der Waals surface area contributed by atoms with Gasteiger partial charge in [0.1, 0.15) is 5.75 Å². The Morgan fingerprint density at radius 3 is 2.71 bits per heavy atom. The van der Waals surface area contributed by atoms with Gasteiger partial charge in [0.2, 0.25) is 0 Å². The van der Waals surface area contributed by atoms with Crippen LogP contribution in [-0.2, 0) is 17.6 Å². The summed E-state index contributed by atoms with van der Waals surface area (Å²) in [5.74, 6) is -1.36. The second-order valence-electron chi connectivity index (χ2n) is 7.74. The maximum atomic E-state index is 12.3. The minimum atomic E-state index is -1.06. The Kier molecular flexibility index (Phi) is 3.82. The van der Waals surface area contributed by atoms with Crippen molar-refractivity contribution >= 4 is 17.6 Å². The summed E-state index contributed by atoms with van der Waals surface area (Å²) in [7, 11) is 0. The highest BCUT2D eigenvalue weighted by molar-refractivity contribution is 5.97. The molecule has 2 N–H and O–H groups in total. The van der Waals surface area contributed by atoms with E-state index < -0.39 is 18.0 Å². The molecular weight excluding hydrogens is 358 g/mol. The van der Waals surface area contributed by atoms with E-state index in [1.165, 1.54) is 23.8 Å². The Balaban J connectivity index is 1.68. The lowest BCUT2D eigenvalue weighted by atomic mass is 9.88. The zero-order valence-corrected chi connectivity index (χ0v) is 15.4. The lowest BCUT2D eigenvalue weighted by Gasteiger charge is -2.33. The average Bonchev–Trinajstić information content (AvgIpc) is 2.88. The molecule has 144 valence electrons. The van der Waals surface area contributed by atoms with Gasteiger partial charge in [-0.2, -0.15) is 0 Å². The lowest BCUT2D eigenvalue weighted by Crippen LogP contribution is -2.30. The number of aryl methyl sites for hydroxylation is 1. The number of benzene rings is 2. The van der Waals surface area contributed by atoms with Crippen molar-refractivity contribution in [2.45, 2.75) is 38.2 Å². The van der Waals surface area contributed by atoms with Crippen LogP contribution in [0.5, 0.6) is 5.75 Å². The van der Waals surface area contributed by atoms with Crippen LogP contribution in [0.15, 0.2) is 24.3 Å². The van der Waals surface area contributed by atoms with E-state index in [-0.39, 0.29) is 11.3 Å². The van der Waals surface area contributed by atoms with Gasteiger partial charge < -0.3 is 19.8 Å². The molecular formula is C22H21NO5. The third kappa shape index (κ3) is 2.47. The normalized spacial score (nSPS) is 20.2. The predicted molar refractivity (Wildman–Crippen MR) is 102 cm³/mol. The molecule has 5 rings (SSSR count). The summed E-state index contributed by atoms with van der Waals surface area (Å²) in [6, 6.07) is 6.34. The second-order valence-corrected chi connectivity index (χ2v) is 7.74. The SMILES string of the molecule is O=C(O)c1ccc2c(c1)C(c1cc3c4c(c1O)CCCN4CCCC3)OC2=O. The molecule has 0 aliphatic carbocycles. The summed E-state index contributed by atoms with van der Waals surface area (Å²) in [4.78, 5) is 26.1. The highest BCUT2D eigenvalue weighted by Crippen LogP contribution is 2.47. The zero-order valence-electron chi connectivity index (χ0n) is 15.4. The number of anilines is 1. The van der Waals surface area contributed by atoms with E-state index in [0.717, 1.165) is 56.4 Å². The predicted octanol–water partition coefficient (Wildman–Crippen LogP) is 3.44. The molecule has 6 nitrogen and oxygen atoms in total. The van der Waals surface area contributed by atoms with E-state index in [1.807, 2.05) is 6.07 Å². The summed E-state index contributed by atoms with van der Waals surface area (Å²) in [5.41, 5.74) is 4.79. The van der Waals surface area contributed by atoms with Crippen LogP contribution in [0.2, 0.25) is 0 Å². The first-order valence-electron chi connectivity index (χ1n) is 9.75. The second kappa shape index (κ2) is 6.26. The molecule has 0 saturated carbocycles. The monoisotopic (exact) mass is 379 g/mol. The molecule has 0 radical (unpaired) electrons. The Morgan fingerprint density at radius 1 is 1.07 bits per heavy atom. The van der Waals surface area contributed by atoms with Crippen molar-refractivity contribution in [1.29, 1.82) is 0 Å². The Labute approximate surface area is 162 Å². The summed E-state index contributed by atoms with van der Waals surface area (Å²) in [6.07, 6.45) is 4.12. The number of esters is 1. The number of hydrogen-bond acceptors (Lipinski definition) is 5. The van der Waals surface area contributed by atoms with Crippen LogP contribution in [0.1, 0.15) is 68.3 Å². The maximum Gasteiger partial charge on any atom is 0.339 e. The molecule has 2 aromatic rings. The molecule has 0 aromatic heterocycles. The first-order chi connectivity index (χ1) is 13.5. The Bertz CT molecular complexity index is 1010. The number of nitrogens with zero attached hydrogens (tertiary/aromatic N) is 1. The van der Waals surface area contributed by atoms with E-state index in [4.69, 9.17) is 4.74 Å². The highest BCUT2D eigenvalue weighted by atomic mass is 16.5. The molecule has 1 atom stereocenters. The standard InChI is InChI=1S/C22H21NO5/c24-19-15-5-3-9-23-8-2-1-4-12(18(15)23)10-17(19)20-16-11-13(21(25)26)6-7-14(16)22(27)28-20/h6-7,10-11,20,24H,1-5,8-9H2,(H,25,26). The number of cyclic esters (lactones) is 1. The summed E-state index contributed by atoms with van der Waals surface area (Å²) < 4.78 is 5.59. The van der Waals surface area contributed by atoms with Crippen LogP contribution >= 0.6 is 0 Å². The van der Waals surface area contributed by atoms with E-state index in [9.17, 15) is 19.8 Å². The Morgan fingerprint density at radius 2 is 1.89 bits per heavy atom. The number of phenolic OH excluding ortho intramolecular Hbond substituents is 1. The first kappa shape index (κ1) is 17.1. The maximum absolute atomic E-state index is 12.3. The molecule has 0 amide bonds. The molecule has 2 aromatic carbocycles. The molecule has 28 heavy (non-hydrogen) atoms. The van der Waals surface area contributed by atoms with Crippen LogP contribution in [0, 0.1) is 0 Å². The van der Waals surface area contributed by atoms with Gasteiger partial charge in [-0.15, -0.1) is 0 Å². The van der Waals surface area contributed by atoms with Crippen LogP contribution in [0.3, 0.4) is 0 Å². The number of phenols is 1. The number of hydrogen-bond donors (Lipinski definition) is 2. The summed E-state index contributed by atoms with van der Waals surface area (Å²) in [6.45, 7) is 2.00. The fourth-order valence-corrected chi connectivity index (χ4v) is 4.79. The van der Waals surface area contributed by atoms with Crippen molar-refractivity contribution in [2.75, 3.05) is 18.0 Å². The van der Waals surface area contributed by atoms with Gasteiger partial charge in [0.15, 0.2) is 6.10 Å². The molecule has 0 saturated heterocycles. The van der Waals surface area contributed by atoms with Gasteiger partial charge in [-0.05, 0) is 61.9 Å². The van der Waals surface area contributed by atoms with Gasteiger partial charge in [-0.1, -0.05) is 0 Å². The fraction of sp³-hybridized carbons (Fsp3) is 0.364. The van der Waals surface area contributed by atoms with Crippen LogP contribution in [0.4, 0.5) is 5.69 Å². The average molecular weight is 379 g/mol. The molecule has 6 heteroatoms. The minimum absolute atomic E-state index is 0.101. The number of fused-ring (bicyclic) bond motifs is 1. The largest absolute Gasteiger partial charge is 0.507 e. The van der Waals surface area contributed by atoms with E-state index in [2.05, 4.69) is 4.90 Å². The first-order valence-corrected chi connectivity index (χ1v) is 9.75. The molecule has 3 aliphatic rings. The quantitative estimate of drug-likeness (QED) is 0.778. The van der Waals surface area contributed by atoms with Gasteiger partial charge in [0.25, 0.3) is 0 Å². The van der Waals surface area contributed by atoms with Crippen molar-refractivity contribution in [2.24, 2.45) is 0 Å². The van der Waals surface area contributed by atoms with Crippen molar-refractivity contribution in [3.05, 3.63) is 57.6 Å². The van der Waals surface area contributed by atoms with E-state index in [0.29, 0.717) is 16.7 Å². The van der Waals surface area contributed by atoms with Crippen molar-refractivity contribution in [3.8, 4) is 5.75 Å². The van der Waals surface area contributed by atoms with E-state index >= 15 is 0 Å². The minimum Gasteiger partial charge on any atom is -0.507 e. The zero-order chi connectivity index (χ0) is 19.4. The number of carboxylic acids is 1. The van der Waals surface area contributed by atoms with Crippen LogP contribution in [-0.4, -0.2) is 35.2 Å². The fourth-order valence-electron chi connectivity index (χ4n) is 4.79. The molecule has 0 bridgehead atoms. The molecule has 0 fully saturated rings. The van der Waals surface area contributed by atoms with Gasteiger partial charge in [0, 0.05) is 35.5 Å². The van der Waals surface area contributed by atoms with Crippen molar-refractivity contribution in [3.63, 3.8) is 0 Å². The van der Waals surface area contributed by atoms with Crippen molar-refractivity contribution < 1.29 is 24.5 Å². The van der Waals surface area contributed by atoms with Gasteiger partial charge in [-0.3, -0.25) is 0 Å². The number of rotatable bonds is 2. The van der Waals surface area contributed by atoms with Crippen LogP contribution in [0.25, 0.3) is 0 Å². The molecule has 3 aliphatic heterocycles. The third-order valence-corrected chi connectivity index (χ3v) is 6.08. The number of aromatic hydroxyl groups is 1. The highest BCUT2D eigenvalue weighted by Gasteiger charge is 2.37. The number of carbonyl (C=O) groups is 2. The molecule has 3 heterocycles. The topological polar surface area (TPSA) is 87.1 Å². The van der Waals surface area contributed by atoms with Gasteiger partial charge in [-0.25, -0.2) is 9.59 Å². The Hall–Kier alpha value is -3.02. The smallest absolute Gasteiger partial charge is 0.339 e. The van der Waals surface area contributed by atoms with Gasteiger partial charge in [0.05, 0.1) is 11.1 Å². The third-order valence-electron chi connectivity index (χ3n) is 6.08.